The van der Waals surface area contributed by atoms with Crippen molar-refractivity contribution in [3.8, 4) is 0 Å². The highest BCUT2D eigenvalue weighted by Gasteiger charge is 2.27. The van der Waals surface area contributed by atoms with E-state index in [1.54, 1.807) is 30.3 Å². The first-order valence-corrected chi connectivity index (χ1v) is 8.74. The molecule has 4 rings (SSSR count). The Labute approximate surface area is 152 Å². The van der Waals surface area contributed by atoms with Crippen molar-refractivity contribution in [2.45, 2.75) is 25.8 Å². The number of ketones is 1. The quantitative estimate of drug-likeness (QED) is 0.515. The first-order valence-electron chi connectivity index (χ1n) is 8.74. The third kappa shape index (κ3) is 2.90. The summed E-state index contributed by atoms with van der Waals surface area (Å²) in [6, 6.07) is 18.1. The minimum atomic E-state index is -0.313. The number of halogens is 1. The molecular formula is C23H20FNO. The van der Waals surface area contributed by atoms with Crippen LogP contribution in [0.1, 0.15) is 35.3 Å². The molecule has 130 valence electrons. The molecule has 0 unspecified atom stereocenters. The average molecular weight is 345 g/mol. The summed E-state index contributed by atoms with van der Waals surface area (Å²) in [6.45, 7) is 4.24. The molecule has 0 spiro atoms. The lowest BCUT2D eigenvalue weighted by Crippen LogP contribution is -2.43. The van der Waals surface area contributed by atoms with Crippen LogP contribution in [0.4, 0.5) is 4.39 Å². The van der Waals surface area contributed by atoms with E-state index in [0.29, 0.717) is 16.3 Å². The van der Waals surface area contributed by atoms with E-state index in [0.717, 1.165) is 17.7 Å². The van der Waals surface area contributed by atoms with Gasteiger partial charge in [0.25, 0.3) is 0 Å². The molecule has 3 aromatic carbocycles. The van der Waals surface area contributed by atoms with E-state index in [9.17, 15) is 9.18 Å². The summed E-state index contributed by atoms with van der Waals surface area (Å²) in [4.78, 5) is 13.0. The van der Waals surface area contributed by atoms with Crippen molar-refractivity contribution in [3.63, 3.8) is 0 Å². The topological polar surface area (TPSA) is 29.1 Å². The van der Waals surface area contributed by atoms with Crippen LogP contribution in [0.25, 0.3) is 16.5 Å². The van der Waals surface area contributed by atoms with Crippen LogP contribution in [-0.4, -0.2) is 11.3 Å². The molecule has 0 bridgehead atoms. The minimum Gasteiger partial charge on any atom is -0.379 e. The van der Waals surface area contributed by atoms with Crippen LogP contribution >= 0.6 is 0 Å². The monoisotopic (exact) mass is 345 g/mol. The molecule has 1 heterocycles. The molecule has 1 aliphatic heterocycles. The number of fused-ring (bicyclic) bond motifs is 2. The van der Waals surface area contributed by atoms with Gasteiger partial charge >= 0.3 is 0 Å². The second-order valence-corrected chi connectivity index (χ2v) is 7.41. The summed E-state index contributed by atoms with van der Waals surface area (Å²) in [5, 5.41) is 4.58. The van der Waals surface area contributed by atoms with Gasteiger partial charge in [0.1, 0.15) is 5.82 Å². The fourth-order valence-corrected chi connectivity index (χ4v) is 3.69. The Morgan fingerprint density at radius 3 is 2.50 bits per heavy atom. The van der Waals surface area contributed by atoms with Crippen LogP contribution in [0.5, 0.6) is 0 Å². The third-order valence-corrected chi connectivity index (χ3v) is 4.82. The van der Waals surface area contributed by atoms with E-state index in [4.69, 9.17) is 0 Å². The first kappa shape index (κ1) is 16.5. The van der Waals surface area contributed by atoms with Gasteiger partial charge in [-0.3, -0.25) is 4.79 Å². The molecule has 1 N–H and O–H groups in total. The standard InChI is InChI=1S/C23H20FNO/c1-23(2)14-15-7-3-4-8-16(15)21(25-23)13-22(26)19-11-12-20(24)18-10-6-5-9-17(18)19/h3-13,25H,14H2,1-2H3. The third-order valence-electron chi connectivity index (χ3n) is 4.82. The van der Waals surface area contributed by atoms with Crippen molar-refractivity contribution in [3.05, 3.63) is 89.2 Å². The van der Waals surface area contributed by atoms with Crippen LogP contribution in [0.15, 0.2) is 66.7 Å². The molecule has 26 heavy (non-hydrogen) atoms. The Morgan fingerprint density at radius 1 is 1.00 bits per heavy atom. The predicted octanol–water partition coefficient (Wildman–Crippen LogP) is 5.13. The average Bonchev–Trinajstić information content (AvgIpc) is 2.61. The lowest BCUT2D eigenvalue weighted by molar-refractivity contribution is 0.104. The number of hydrogen-bond donors (Lipinski definition) is 1. The maximum atomic E-state index is 14.0. The molecule has 0 fully saturated rings. The van der Waals surface area contributed by atoms with Crippen molar-refractivity contribution in [2.75, 3.05) is 0 Å². The van der Waals surface area contributed by atoms with Gasteiger partial charge in [0.05, 0.1) is 0 Å². The van der Waals surface area contributed by atoms with Crippen molar-refractivity contribution in [2.24, 2.45) is 0 Å². The second-order valence-electron chi connectivity index (χ2n) is 7.41. The predicted molar refractivity (Wildman–Crippen MR) is 104 cm³/mol. The van der Waals surface area contributed by atoms with Gasteiger partial charge in [-0.25, -0.2) is 4.39 Å². The molecular weight excluding hydrogens is 325 g/mol. The minimum absolute atomic E-state index is 0.129. The fourth-order valence-electron chi connectivity index (χ4n) is 3.69. The Hall–Kier alpha value is -2.94. The molecule has 0 radical (unpaired) electrons. The lowest BCUT2D eigenvalue weighted by atomic mass is 9.85. The van der Waals surface area contributed by atoms with Crippen LogP contribution < -0.4 is 5.32 Å². The largest absolute Gasteiger partial charge is 0.379 e. The van der Waals surface area contributed by atoms with Crippen molar-refractivity contribution in [1.82, 2.24) is 5.32 Å². The maximum absolute atomic E-state index is 14.0. The van der Waals surface area contributed by atoms with E-state index in [1.165, 1.54) is 11.6 Å². The smallest absolute Gasteiger partial charge is 0.188 e. The Balaban J connectivity index is 1.82. The van der Waals surface area contributed by atoms with Crippen LogP contribution in [0, 0.1) is 5.82 Å². The number of nitrogens with one attached hydrogen (secondary N) is 1. The van der Waals surface area contributed by atoms with Crippen molar-refractivity contribution >= 4 is 22.3 Å². The zero-order valence-electron chi connectivity index (χ0n) is 14.8. The number of allylic oxidation sites excluding steroid dienone is 1. The van der Waals surface area contributed by atoms with Gasteiger partial charge in [0, 0.05) is 33.8 Å². The number of hydrogen-bond acceptors (Lipinski definition) is 2. The summed E-state index contributed by atoms with van der Waals surface area (Å²) in [5.74, 6) is -0.441. The Bertz CT molecular complexity index is 1050. The number of rotatable bonds is 2. The number of carbonyl (C=O) groups excluding carboxylic acids is 1. The van der Waals surface area contributed by atoms with Crippen molar-refractivity contribution in [1.29, 1.82) is 0 Å². The lowest BCUT2D eigenvalue weighted by Gasteiger charge is -2.35. The molecule has 0 atom stereocenters. The van der Waals surface area contributed by atoms with Crippen LogP contribution in [0.2, 0.25) is 0 Å². The van der Waals surface area contributed by atoms with Crippen LogP contribution in [0.3, 0.4) is 0 Å². The van der Waals surface area contributed by atoms with Gasteiger partial charge in [0.15, 0.2) is 5.78 Å². The van der Waals surface area contributed by atoms with Gasteiger partial charge in [-0.2, -0.15) is 0 Å². The molecule has 0 saturated carbocycles. The molecule has 0 aliphatic carbocycles. The molecule has 0 saturated heterocycles. The highest BCUT2D eigenvalue weighted by atomic mass is 19.1. The summed E-state index contributed by atoms with van der Waals surface area (Å²) >= 11 is 0. The summed E-state index contributed by atoms with van der Waals surface area (Å²) < 4.78 is 14.0. The number of benzene rings is 3. The van der Waals surface area contributed by atoms with Gasteiger partial charge in [-0.15, -0.1) is 0 Å². The molecule has 1 aliphatic rings. The molecule has 0 aromatic heterocycles. The highest BCUT2D eigenvalue weighted by Crippen LogP contribution is 2.30. The Morgan fingerprint density at radius 2 is 1.69 bits per heavy atom. The van der Waals surface area contributed by atoms with E-state index in [-0.39, 0.29) is 17.1 Å². The molecule has 2 nitrogen and oxygen atoms in total. The first-order chi connectivity index (χ1) is 12.4. The van der Waals surface area contributed by atoms with Crippen molar-refractivity contribution < 1.29 is 9.18 Å². The van der Waals surface area contributed by atoms with Gasteiger partial charge in [-0.1, -0.05) is 48.5 Å². The van der Waals surface area contributed by atoms with Gasteiger partial charge in [0.2, 0.25) is 0 Å². The van der Waals surface area contributed by atoms with Gasteiger partial charge < -0.3 is 5.32 Å². The second kappa shape index (κ2) is 6.10. The molecule has 3 aromatic rings. The molecule has 3 heteroatoms. The zero-order chi connectivity index (χ0) is 18.3. The summed E-state index contributed by atoms with van der Waals surface area (Å²) in [5.41, 5.74) is 3.46. The van der Waals surface area contributed by atoms with E-state index < -0.39 is 0 Å². The zero-order valence-corrected chi connectivity index (χ0v) is 14.8. The molecule has 0 amide bonds. The Kier molecular flexibility index (Phi) is 3.87. The van der Waals surface area contributed by atoms with Crippen LogP contribution in [-0.2, 0) is 6.42 Å². The number of carbonyl (C=O) groups is 1. The fraction of sp³-hybridized carbons (Fsp3) is 0.174. The highest BCUT2D eigenvalue weighted by molar-refractivity contribution is 6.15. The normalized spacial score (nSPS) is 17.0. The van der Waals surface area contributed by atoms with Gasteiger partial charge in [-0.05, 0) is 43.4 Å². The maximum Gasteiger partial charge on any atom is 0.188 e. The summed E-state index contributed by atoms with van der Waals surface area (Å²) in [7, 11) is 0. The van der Waals surface area contributed by atoms with E-state index >= 15 is 0 Å². The summed E-state index contributed by atoms with van der Waals surface area (Å²) in [6.07, 6.45) is 2.54. The van der Waals surface area contributed by atoms with E-state index in [2.05, 4.69) is 25.2 Å². The SMILES string of the molecule is CC1(C)Cc2ccccc2C(=CC(=O)c2ccc(F)c3ccccc23)N1. The van der Waals surface area contributed by atoms with E-state index in [1.807, 2.05) is 24.3 Å².